The number of aromatic nitrogens is 2. The van der Waals surface area contributed by atoms with E-state index in [0.717, 1.165) is 9.13 Å². The first-order valence-corrected chi connectivity index (χ1v) is 7.82. The summed E-state index contributed by atoms with van der Waals surface area (Å²) in [5.74, 6) is 0.370. The summed E-state index contributed by atoms with van der Waals surface area (Å²) in [4.78, 5) is 16.1. The number of ether oxygens (including phenoxy) is 1. The van der Waals surface area contributed by atoms with Gasteiger partial charge in [0.2, 0.25) is 11.7 Å². The van der Waals surface area contributed by atoms with Gasteiger partial charge < -0.3 is 9.26 Å². The number of carbonyl (C=O) groups excluding carboxylic acids is 1. The van der Waals surface area contributed by atoms with Crippen LogP contribution in [0.15, 0.2) is 40.9 Å². The lowest BCUT2D eigenvalue weighted by Gasteiger charge is -2.19. The molecule has 0 saturated carbocycles. The van der Waals surface area contributed by atoms with Crippen molar-refractivity contribution in [2.45, 2.75) is 32.8 Å². The van der Waals surface area contributed by atoms with Crippen molar-refractivity contribution in [3.63, 3.8) is 0 Å². The maximum Gasteiger partial charge on any atom is 0.334 e. The Morgan fingerprint density at radius 2 is 1.95 bits per heavy atom. The lowest BCUT2D eigenvalue weighted by atomic mass is 10.1. The summed E-state index contributed by atoms with van der Waals surface area (Å²) in [6, 6.07) is 7.76. The molecule has 0 aliphatic carbocycles. The third-order valence-corrected chi connectivity index (χ3v) is 3.34. The Bertz CT molecular complexity index is 684. The van der Waals surface area contributed by atoms with Gasteiger partial charge in [-0.2, -0.15) is 4.98 Å². The molecular weight excluding hydrogens is 395 g/mol. The molecule has 0 aliphatic rings. The largest absolute Gasteiger partial charge is 0.457 e. The van der Waals surface area contributed by atoms with Crippen LogP contribution in [-0.4, -0.2) is 21.7 Å². The number of rotatable bonds is 4. The Labute approximate surface area is 142 Å². The summed E-state index contributed by atoms with van der Waals surface area (Å²) < 4.78 is 11.5. The highest BCUT2D eigenvalue weighted by molar-refractivity contribution is 14.1. The van der Waals surface area contributed by atoms with Gasteiger partial charge in [0.05, 0.1) is 6.42 Å². The summed E-state index contributed by atoms with van der Waals surface area (Å²) in [5, 5.41) is 3.92. The molecule has 0 aliphatic heterocycles. The molecular formula is C16H17IN2O3. The number of esters is 1. The molecule has 22 heavy (non-hydrogen) atoms. The fourth-order valence-electron chi connectivity index (χ4n) is 1.65. The van der Waals surface area contributed by atoms with Crippen LogP contribution in [0.3, 0.4) is 0 Å². The van der Waals surface area contributed by atoms with Gasteiger partial charge in [-0.25, -0.2) is 4.79 Å². The number of carbonyl (C=O) groups is 1. The first kappa shape index (κ1) is 16.7. The molecule has 0 saturated heterocycles. The number of benzene rings is 1. The highest BCUT2D eigenvalue weighted by Crippen LogP contribution is 2.19. The van der Waals surface area contributed by atoms with Gasteiger partial charge in [0.15, 0.2) is 0 Å². The van der Waals surface area contributed by atoms with Crippen molar-refractivity contribution in [3.05, 3.63) is 45.9 Å². The highest BCUT2D eigenvalue weighted by atomic mass is 127. The molecule has 0 unspecified atom stereocenters. The third kappa shape index (κ3) is 4.66. The van der Waals surface area contributed by atoms with Crippen LogP contribution < -0.4 is 0 Å². The smallest absolute Gasteiger partial charge is 0.334 e. The molecule has 116 valence electrons. The van der Waals surface area contributed by atoms with Crippen LogP contribution >= 0.6 is 22.6 Å². The van der Waals surface area contributed by atoms with Gasteiger partial charge in [0.25, 0.3) is 0 Å². The SMILES string of the molecule is C=C(Cc1nc(-c2ccc(I)cc2)no1)C(=O)OC(C)(C)C. The molecule has 0 amide bonds. The van der Waals surface area contributed by atoms with Gasteiger partial charge >= 0.3 is 5.97 Å². The number of hydrogen-bond donors (Lipinski definition) is 0. The average molecular weight is 412 g/mol. The zero-order valence-corrected chi connectivity index (χ0v) is 14.9. The molecule has 0 fully saturated rings. The van der Waals surface area contributed by atoms with Gasteiger partial charge in [0, 0.05) is 14.7 Å². The summed E-state index contributed by atoms with van der Waals surface area (Å²) in [6.07, 6.45) is 0.173. The van der Waals surface area contributed by atoms with Crippen molar-refractivity contribution in [3.8, 4) is 11.4 Å². The van der Waals surface area contributed by atoms with E-state index in [0.29, 0.717) is 11.7 Å². The standard InChI is InChI=1S/C16H17IN2O3/c1-10(15(20)21-16(2,3)4)9-13-18-14(19-22-13)11-5-7-12(17)8-6-11/h5-8H,1,9H2,2-4H3. The Hall–Kier alpha value is -1.70. The second-order valence-corrected chi connectivity index (χ2v) is 7.05. The molecule has 0 spiro atoms. The minimum Gasteiger partial charge on any atom is -0.457 e. The fourth-order valence-corrected chi connectivity index (χ4v) is 2.01. The molecule has 2 aromatic rings. The molecule has 0 N–H and O–H groups in total. The molecule has 2 rings (SSSR count). The molecule has 6 heteroatoms. The second kappa shape index (κ2) is 6.60. The first-order valence-electron chi connectivity index (χ1n) is 6.74. The van der Waals surface area contributed by atoms with E-state index in [4.69, 9.17) is 9.26 Å². The average Bonchev–Trinajstić information content (AvgIpc) is 2.86. The highest BCUT2D eigenvalue weighted by Gasteiger charge is 2.20. The zero-order valence-electron chi connectivity index (χ0n) is 12.7. The number of hydrogen-bond acceptors (Lipinski definition) is 5. The van der Waals surface area contributed by atoms with Crippen LogP contribution in [0.2, 0.25) is 0 Å². The number of nitrogens with zero attached hydrogens (tertiary/aromatic N) is 2. The normalized spacial score (nSPS) is 11.3. The van der Waals surface area contributed by atoms with Gasteiger partial charge in [-0.15, -0.1) is 0 Å². The van der Waals surface area contributed by atoms with Crippen LogP contribution in [0, 0.1) is 3.57 Å². The van der Waals surface area contributed by atoms with Gasteiger partial charge in [-0.05, 0) is 55.5 Å². The Kier molecular flexibility index (Phi) is 5.00. The van der Waals surface area contributed by atoms with Crippen LogP contribution in [0.25, 0.3) is 11.4 Å². The quantitative estimate of drug-likeness (QED) is 0.435. The maximum absolute atomic E-state index is 11.9. The summed E-state index contributed by atoms with van der Waals surface area (Å²) in [7, 11) is 0. The van der Waals surface area contributed by atoms with Crippen molar-refractivity contribution >= 4 is 28.6 Å². The minimum atomic E-state index is -0.554. The predicted octanol–water partition coefficient (Wildman–Crippen LogP) is 3.78. The van der Waals surface area contributed by atoms with E-state index in [-0.39, 0.29) is 12.0 Å². The van der Waals surface area contributed by atoms with Crippen LogP contribution in [0.4, 0.5) is 0 Å². The Morgan fingerprint density at radius 3 is 2.55 bits per heavy atom. The zero-order chi connectivity index (χ0) is 16.3. The van der Waals surface area contributed by atoms with Crippen molar-refractivity contribution < 1.29 is 14.1 Å². The lowest BCUT2D eigenvalue weighted by molar-refractivity contribution is -0.150. The molecule has 5 nitrogen and oxygen atoms in total. The van der Waals surface area contributed by atoms with Crippen molar-refractivity contribution in [1.29, 1.82) is 0 Å². The summed E-state index contributed by atoms with van der Waals surface area (Å²) >= 11 is 2.23. The third-order valence-electron chi connectivity index (χ3n) is 2.62. The second-order valence-electron chi connectivity index (χ2n) is 5.80. The van der Waals surface area contributed by atoms with E-state index in [2.05, 4.69) is 39.3 Å². The van der Waals surface area contributed by atoms with Crippen LogP contribution in [0.5, 0.6) is 0 Å². The Morgan fingerprint density at radius 1 is 1.32 bits per heavy atom. The Balaban J connectivity index is 2.04. The fraction of sp³-hybridized carbons (Fsp3) is 0.312. The minimum absolute atomic E-state index is 0.173. The van der Waals surface area contributed by atoms with E-state index in [1.54, 1.807) is 20.8 Å². The number of halogens is 1. The van der Waals surface area contributed by atoms with Crippen molar-refractivity contribution in [2.75, 3.05) is 0 Å². The van der Waals surface area contributed by atoms with Crippen LogP contribution in [-0.2, 0) is 16.0 Å². The van der Waals surface area contributed by atoms with Gasteiger partial charge in [-0.3, -0.25) is 0 Å². The topological polar surface area (TPSA) is 65.2 Å². The van der Waals surface area contributed by atoms with E-state index < -0.39 is 11.6 Å². The van der Waals surface area contributed by atoms with Crippen molar-refractivity contribution in [2.24, 2.45) is 0 Å². The first-order chi connectivity index (χ1) is 10.2. The monoisotopic (exact) mass is 412 g/mol. The molecule has 1 aromatic heterocycles. The molecule has 1 aromatic carbocycles. The molecule has 0 bridgehead atoms. The summed E-state index contributed by atoms with van der Waals surface area (Å²) in [5.41, 5.74) is 0.590. The van der Waals surface area contributed by atoms with Gasteiger partial charge in [0.1, 0.15) is 5.60 Å². The van der Waals surface area contributed by atoms with E-state index in [9.17, 15) is 4.79 Å². The molecule has 1 heterocycles. The van der Waals surface area contributed by atoms with E-state index in [1.165, 1.54) is 0 Å². The van der Waals surface area contributed by atoms with E-state index in [1.807, 2.05) is 24.3 Å². The molecule has 0 atom stereocenters. The molecule has 0 radical (unpaired) electrons. The maximum atomic E-state index is 11.9. The lowest BCUT2D eigenvalue weighted by Crippen LogP contribution is -2.25. The van der Waals surface area contributed by atoms with Gasteiger partial charge in [-0.1, -0.05) is 23.9 Å². The van der Waals surface area contributed by atoms with Crippen LogP contribution in [0.1, 0.15) is 26.7 Å². The predicted molar refractivity (Wildman–Crippen MR) is 91.1 cm³/mol. The van der Waals surface area contributed by atoms with E-state index >= 15 is 0 Å². The van der Waals surface area contributed by atoms with Crippen molar-refractivity contribution in [1.82, 2.24) is 10.1 Å². The summed E-state index contributed by atoms with van der Waals surface area (Å²) in [6.45, 7) is 9.14.